The molecule has 0 heterocycles. The molecule has 92 valence electrons. The molecular formula is C16H28. The molecule has 16 heavy (non-hydrogen) atoms. The molecule has 0 nitrogen and oxygen atoms in total. The molecule has 0 aliphatic carbocycles. The first-order valence-electron chi connectivity index (χ1n) is 6.79. The second kappa shape index (κ2) is 14.2. The lowest BCUT2D eigenvalue weighted by atomic mass is 10.1. The molecule has 0 aromatic heterocycles. The average molecular weight is 220 g/mol. The molecule has 0 saturated heterocycles. The van der Waals surface area contributed by atoms with E-state index >= 15 is 0 Å². The molecule has 0 aliphatic heterocycles. The normalized spacial score (nSPS) is 11.6. The molecule has 0 aromatic carbocycles. The quantitative estimate of drug-likeness (QED) is 0.304. The Morgan fingerprint density at radius 2 is 1.25 bits per heavy atom. The van der Waals surface area contributed by atoms with Gasteiger partial charge in [0.05, 0.1) is 0 Å². The van der Waals surface area contributed by atoms with Crippen LogP contribution in [0.25, 0.3) is 0 Å². The minimum Gasteiger partial charge on any atom is -0.103 e. The summed E-state index contributed by atoms with van der Waals surface area (Å²) in [5.41, 5.74) is 0. The molecule has 0 saturated carbocycles. The van der Waals surface area contributed by atoms with Gasteiger partial charge in [-0.1, -0.05) is 43.2 Å². The fourth-order valence-electron chi connectivity index (χ4n) is 1.66. The summed E-state index contributed by atoms with van der Waals surface area (Å²) < 4.78 is 0. The number of unbranched alkanes of at least 4 members (excludes halogenated alkanes) is 7. The van der Waals surface area contributed by atoms with Crippen LogP contribution in [0.1, 0.15) is 64.7 Å². The standard InChI is InChI=1S/C16H28/c1-3-5-7-9-11-13-15-16-14-12-10-8-6-4-2/h3-4,6,11,13H,1,5,7-10,12,14-16H2,2H3/b6-4+,13-11+. The third-order valence-electron chi connectivity index (χ3n) is 2.67. The lowest BCUT2D eigenvalue weighted by Crippen LogP contribution is -1.77. The van der Waals surface area contributed by atoms with Crippen LogP contribution in [0.3, 0.4) is 0 Å². The molecule has 0 aromatic rings. The number of hydrogen-bond donors (Lipinski definition) is 0. The Morgan fingerprint density at radius 3 is 1.81 bits per heavy atom. The van der Waals surface area contributed by atoms with Gasteiger partial charge in [-0.2, -0.15) is 0 Å². The van der Waals surface area contributed by atoms with Crippen molar-refractivity contribution in [2.24, 2.45) is 0 Å². The molecule has 0 unspecified atom stereocenters. The molecule has 0 aliphatic rings. The minimum absolute atomic E-state index is 1.15. The van der Waals surface area contributed by atoms with Gasteiger partial charge in [0.25, 0.3) is 0 Å². The highest BCUT2D eigenvalue weighted by Crippen LogP contribution is 2.07. The molecule has 0 fully saturated rings. The van der Waals surface area contributed by atoms with Crippen LogP contribution in [0.4, 0.5) is 0 Å². The van der Waals surface area contributed by atoms with E-state index in [-0.39, 0.29) is 0 Å². The van der Waals surface area contributed by atoms with Gasteiger partial charge < -0.3 is 0 Å². The van der Waals surface area contributed by atoms with Crippen LogP contribution in [-0.4, -0.2) is 0 Å². The lowest BCUT2D eigenvalue weighted by molar-refractivity contribution is 0.651. The second-order valence-corrected chi connectivity index (χ2v) is 4.25. The average Bonchev–Trinajstić information content (AvgIpc) is 2.31. The van der Waals surface area contributed by atoms with Crippen molar-refractivity contribution >= 4 is 0 Å². The van der Waals surface area contributed by atoms with Crippen molar-refractivity contribution < 1.29 is 0 Å². The Morgan fingerprint density at radius 1 is 0.688 bits per heavy atom. The van der Waals surface area contributed by atoms with Gasteiger partial charge in [-0.05, 0) is 51.9 Å². The van der Waals surface area contributed by atoms with Gasteiger partial charge >= 0.3 is 0 Å². The van der Waals surface area contributed by atoms with Gasteiger partial charge in [0.1, 0.15) is 0 Å². The van der Waals surface area contributed by atoms with Gasteiger partial charge in [0.2, 0.25) is 0 Å². The lowest BCUT2D eigenvalue weighted by Gasteiger charge is -1.96. The Labute approximate surface area is 102 Å². The molecule has 0 spiro atoms. The minimum atomic E-state index is 1.15. The van der Waals surface area contributed by atoms with E-state index in [2.05, 4.69) is 37.8 Å². The molecule has 0 amide bonds. The van der Waals surface area contributed by atoms with E-state index < -0.39 is 0 Å². The third kappa shape index (κ3) is 13.2. The highest BCUT2D eigenvalue weighted by molar-refractivity contribution is 4.82. The van der Waals surface area contributed by atoms with Crippen LogP contribution in [0.5, 0.6) is 0 Å². The van der Waals surface area contributed by atoms with E-state index in [1.165, 1.54) is 51.4 Å². The Kier molecular flexibility index (Phi) is 13.5. The van der Waals surface area contributed by atoms with Crippen LogP contribution in [0, 0.1) is 0 Å². The van der Waals surface area contributed by atoms with E-state index in [0.29, 0.717) is 0 Å². The summed E-state index contributed by atoms with van der Waals surface area (Å²) in [4.78, 5) is 0. The Hall–Kier alpha value is -0.780. The summed E-state index contributed by atoms with van der Waals surface area (Å²) in [7, 11) is 0. The fourth-order valence-corrected chi connectivity index (χ4v) is 1.66. The van der Waals surface area contributed by atoms with Crippen LogP contribution < -0.4 is 0 Å². The van der Waals surface area contributed by atoms with E-state index in [9.17, 15) is 0 Å². The van der Waals surface area contributed by atoms with Gasteiger partial charge in [-0.25, -0.2) is 0 Å². The first-order valence-corrected chi connectivity index (χ1v) is 6.79. The molecule has 0 atom stereocenters. The zero-order valence-corrected chi connectivity index (χ0v) is 11.0. The maximum absolute atomic E-state index is 3.72. The van der Waals surface area contributed by atoms with E-state index in [1.807, 2.05) is 6.08 Å². The number of hydrogen-bond acceptors (Lipinski definition) is 0. The van der Waals surface area contributed by atoms with Gasteiger partial charge in [-0.15, -0.1) is 6.58 Å². The molecular weight excluding hydrogens is 192 g/mol. The van der Waals surface area contributed by atoms with Crippen molar-refractivity contribution in [2.75, 3.05) is 0 Å². The van der Waals surface area contributed by atoms with Crippen LogP contribution >= 0.6 is 0 Å². The topological polar surface area (TPSA) is 0 Å². The third-order valence-corrected chi connectivity index (χ3v) is 2.67. The first kappa shape index (κ1) is 15.2. The van der Waals surface area contributed by atoms with Crippen molar-refractivity contribution in [1.82, 2.24) is 0 Å². The van der Waals surface area contributed by atoms with Gasteiger partial charge in [-0.3, -0.25) is 0 Å². The zero-order chi connectivity index (χ0) is 11.9. The predicted octanol–water partition coefficient (Wildman–Crippen LogP) is 5.82. The van der Waals surface area contributed by atoms with Crippen molar-refractivity contribution in [3.63, 3.8) is 0 Å². The summed E-state index contributed by atoms with van der Waals surface area (Å²) >= 11 is 0. The SMILES string of the molecule is C=CCCC/C=C/CCCCCC/C=C/C. The smallest absolute Gasteiger partial charge is 0.0348 e. The van der Waals surface area contributed by atoms with Crippen molar-refractivity contribution in [3.8, 4) is 0 Å². The number of allylic oxidation sites excluding steroid dienone is 5. The molecule has 0 heteroatoms. The highest BCUT2D eigenvalue weighted by Gasteiger charge is 1.87. The second-order valence-electron chi connectivity index (χ2n) is 4.25. The molecule has 0 N–H and O–H groups in total. The summed E-state index contributed by atoms with van der Waals surface area (Å²) in [6, 6.07) is 0. The summed E-state index contributed by atoms with van der Waals surface area (Å²) in [6.07, 6.45) is 22.7. The summed E-state index contributed by atoms with van der Waals surface area (Å²) in [5, 5.41) is 0. The molecule has 0 bridgehead atoms. The van der Waals surface area contributed by atoms with E-state index in [1.54, 1.807) is 0 Å². The largest absolute Gasteiger partial charge is 0.103 e. The van der Waals surface area contributed by atoms with Crippen LogP contribution in [0.15, 0.2) is 37.0 Å². The summed E-state index contributed by atoms with van der Waals surface area (Å²) in [5.74, 6) is 0. The Balaban J connectivity index is 3.05. The van der Waals surface area contributed by atoms with Gasteiger partial charge in [0, 0.05) is 0 Å². The van der Waals surface area contributed by atoms with Crippen LogP contribution in [-0.2, 0) is 0 Å². The monoisotopic (exact) mass is 220 g/mol. The highest BCUT2D eigenvalue weighted by atomic mass is 13.9. The zero-order valence-electron chi connectivity index (χ0n) is 11.0. The van der Waals surface area contributed by atoms with E-state index in [4.69, 9.17) is 0 Å². The maximum atomic E-state index is 3.72. The maximum Gasteiger partial charge on any atom is -0.0348 e. The van der Waals surface area contributed by atoms with Crippen molar-refractivity contribution in [2.45, 2.75) is 64.7 Å². The van der Waals surface area contributed by atoms with E-state index in [0.717, 1.165) is 6.42 Å². The van der Waals surface area contributed by atoms with Crippen molar-refractivity contribution in [1.29, 1.82) is 0 Å². The number of rotatable bonds is 11. The molecule has 0 radical (unpaired) electrons. The van der Waals surface area contributed by atoms with Crippen molar-refractivity contribution in [3.05, 3.63) is 37.0 Å². The Bertz CT molecular complexity index is 186. The fraction of sp³-hybridized carbons (Fsp3) is 0.625. The first-order chi connectivity index (χ1) is 7.91. The van der Waals surface area contributed by atoms with Gasteiger partial charge in [0.15, 0.2) is 0 Å². The summed E-state index contributed by atoms with van der Waals surface area (Å²) in [6.45, 7) is 5.82. The van der Waals surface area contributed by atoms with Crippen LogP contribution in [0.2, 0.25) is 0 Å². The molecule has 0 rings (SSSR count). The predicted molar refractivity (Wildman–Crippen MR) is 75.7 cm³/mol.